The highest BCUT2D eigenvalue weighted by Gasteiger charge is 2.24. The van der Waals surface area contributed by atoms with E-state index in [1.165, 1.54) is 7.11 Å². The fraction of sp³-hybridized carbons (Fsp3) is 0.769. The summed E-state index contributed by atoms with van der Waals surface area (Å²) in [5, 5.41) is 11.2. The predicted molar refractivity (Wildman–Crippen MR) is 72.9 cm³/mol. The number of alkyl carbamates (subject to hydrolysis) is 1. The van der Waals surface area contributed by atoms with Crippen LogP contribution in [-0.2, 0) is 9.53 Å². The highest BCUT2D eigenvalue weighted by Crippen LogP contribution is 2.10. The maximum atomic E-state index is 11.8. The van der Waals surface area contributed by atoms with Crippen LogP contribution in [0.3, 0.4) is 0 Å². The molecule has 0 aliphatic carbocycles. The average Bonchev–Trinajstić information content (AvgIpc) is 2.89. The van der Waals surface area contributed by atoms with E-state index in [0.29, 0.717) is 25.9 Å². The van der Waals surface area contributed by atoms with Gasteiger partial charge in [0.15, 0.2) is 0 Å². The van der Waals surface area contributed by atoms with Crippen molar-refractivity contribution in [1.82, 2.24) is 15.1 Å². The first kappa shape index (κ1) is 16.2. The number of carbonyl (C=O) groups is 2. The quantitative estimate of drug-likeness (QED) is 0.751. The van der Waals surface area contributed by atoms with Gasteiger partial charge in [-0.05, 0) is 6.42 Å². The summed E-state index contributed by atoms with van der Waals surface area (Å²) in [4.78, 5) is 26.6. The van der Waals surface area contributed by atoms with Gasteiger partial charge >= 0.3 is 6.09 Å². The smallest absolute Gasteiger partial charge is 0.407 e. The molecular formula is C13H22N4O3. The monoisotopic (exact) mass is 282 g/mol. The summed E-state index contributed by atoms with van der Waals surface area (Å²) in [6.45, 7) is 2.76. The third kappa shape index (κ3) is 5.45. The van der Waals surface area contributed by atoms with Gasteiger partial charge in [0.25, 0.3) is 0 Å². The van der Waals surface area contributed by atoms with Crippen molar-refractivity contribution in [3.63, 3.8) is 0 Å². The molecule has 1 atom stereocenters. The number of amides is 2. The Morgan fingerprint density at radius 2 is 2.30 bits per heavy atom. The Bertz CT molecular complexity index is 380. The number of rotatable bonds is 6. The van der Waals surface area contributed by atoms with Gasteiger partial charge in [0.1, 0.15) is 0 Å². The zero-order valence-corrected chi connectivity index (χ0v) is 12.1. The number of nitriles is 1. The standard InChI is InChI=1S/C13H22N4O3/c1-16(7-3-6-14)12(18)5-9-17-8-4-11(10-17)15-13(19)20-2/h11H,3-5,7-10H2,1-2H3,(H,15,19). The highest BCUT2D eigenvalue weighted by molar-refractivity contribution is 5.76. The maximum absolute atomic E-state index is 11.8. The lowest BCUT2D eigenvalue weighted by molar-refractivity contribution is -0.130. The van der Waals surface area contributed by atoms with Crippen LogP contribution >= 0.6 is 0 Å². The first-order valence-electron chi connectivity index (χ1n) is 6.74. The van der Waals surface area contributed by atoms with Crippen LogP contribution in [0.4, 0.5) is 4.79 Å². The minimum absolute atomic E-state index is 0.0460. The molecule has 2 amide bonds. The summed E-state index contributed by atoms with van der Waals surface area (Å²) < 4.78 is 4.56. The molecule has 7 nitrogen and oxygen atoms in total. The molecule has 0 radical (unpaired) electrons. The SMILES string of the molecule is COC(=O)NC1CCN(CCC(=O)N(C)CCC#N)C1. The lowest BCUT2D eigenvalue weighted by Gasteiger charge is -2.19. The molecule has 1 aliphatic heterocycles. The van der Waals surface area contributed by atoms with Crippen LogP contribution in [0.25, 0.3) is 0 Å². The predicted octanol–water partition coefficient (Wildman–Crippen LogP) is 0.179. The molecule has 0 aromatic carbocycles. The number of likely N-dealkylation sites (tertiary alicyclic amines) is 1. The summed E-state index contributed by atoms with van der Waals surface area (Å²) in [6, 6.07) is 2.12. The highest BCUT2D eigenvalue weighted by atomic mass is 16.5. The average molecular weight is 282 g/mol. The Balaban J connectivity index is 2.22. The van der Waals surface area contributed by atoms with Gasteiger partial charge in [-0.2, -0.15) is 5.26 Å². The molecule has 0 saturated carbocycles. The van der Waals surface area contributed by atoms with E-state index < -0.39 is 6.09 Å². The molecule has 1 fully saturated rings. The van der Waals surface area contributed by atoms with Gasteiger partial charge in [0.05, 0.1) is 19.6 Å². The van der Waals surface area contributed by atoms with Gasteiger partial charge in [-0.3, -0.25) is 4.79 Å². The van der Waals surface area contributed by atoms with Crippen molar-refractivity contribution < 1.29 is 14.3 Å². The number of nitrogens with one attached hydrogen (secondary N) is 1. The van der Waals surface area contributed by atoms with Crippen molar-refractivity contribution in [3.05, 3.63) is 0 Å². The summed E-state index contributed by atoms with van der Waals surface area (Å²) in [5.41, 5.74) is 0. The topological polar surface area (TPSA) is 85.7 Å². The van der Waals surface area contributed by atoms with E-state index in [0.717, 1.165) is 19.5 Å². The summed E-state index contributed by atoms with van der Waals surface area (Å²) in [6.07, 6.45) is 1.25. The van der Waals surface area contributed by atoms with Crippen molar-refractivity contribution in [1.29, 1.82) is 5.26 Å². The second-order valence-corrected chi connectivity index (χ2v) is 4.90. The van der Waals surface area contributed by atoms with E-state index >= 15 is 0 Å². The largest absolute Gasteiger partial charge is 0.453 e. The first-order valence-corrected chi connectivity index (χ1v) is 6.74. The number of hydrogen-bond acceptors (Lipinski definition) is 5. The fourth-order valence-corrected chi connectivity index (χ4v) is 2.17. The Kier molecular flexibility index (Phi) is 6.81. The van der Waals surface area contributed by atoms with Crippen LogP contribution in [0.15, 0.2) is 0 Å². The van der Waals surface area contributed by atoms with Crippen molar-refractivity contribution in [2.45, 2.75) is 25.3 Å². The molecule has 1 N–H and O–H groups in total. The van der Waals surface area contributed by atoms with E-state index in [1.54, 1.807) is 11.9 Å². The number of hydrogen-bond donors (Lipinski definition) is 1. The Hall–Kier alpha value is -1.81. The van der Waals surface area contributed by atoms with Gasteiger partial charge in [-0.1, -0.05) is 0 Å². The third-order valence-corrected chi connectivity index (χ3v) is 3.41. The number of ether oxygens (including phenoxy) is 1. The van der Waals surface area contributed by atoms with E-state index in [1.807, 2.05) is 6.07 Å². The van der Waals surface area contributed by atoms with Gasteiger partial charge in [0, 0.05) is 45.7 Å². The fourth-order valence-electron chi connectivity index (χ4n) is 2.17. The van der Waals surface area contributed by atoms with Crippen LogP contribution in [0.2, 0.25) is 0 Å². The van der Waals surface area contributed by atoms with Gasteiger partial charge in [0.2, 0.25) is 5.91 Å². The molecule has 112 valence electrons. The number of methoxy groups -OCH3 is 1. The lowest BCUT2D eigenvalue weighted by atomic mass is 10.3. The first-order chi connectivity index (χ1) is 9.56. The van der Waals surface area contributed by atoms with Crippen LogP contribution < -0.4 is 5.32 Å². The Morgan fingerprint density at radius 1 is 1.55 bits per heavy atom. The molecule has 1 unspecified atom stereocenters. The summed E-state index contributed by atoms with van der Waals surface area (Å²) >= 11 is 0. The number of nitrogens with zero attached hydrogens (tertiary/aromatic N) is 3. The van der Waals surface area contributed by atoms with Gasteiger partial charge in [-0.15, -0.1) is 0 Å². The number of carbonyl (C=O) groups excluding carboxylic acids is 2. The van der Waals surface area contributed by atoms with Crippen molar-refractivity contribution in [2.24, 2.45) is 0 Å². The zero-order valence-electron chi connectivity index (χ0n) is 12.1. The van der Waals surface area contributed by atoms with Crippen LogP contribution in [0, 0.1) is 11.3 Å². The van der Waals surface area contributed by atoms with E-state index in [-0.39, 0.29) is 11.9 Å². The second-order valence-electron chi connectivity index (χ2n) is 4.90. The molecule has 0 bridgehead atoms. The Morgan fingerprint density at radius 3 is 2.95 bits per heavy atom. The molecule has 0 spiro atoms. The normalized spacial score (nSPS) is 18.4. The van der Waals surface area contributed by atoms with Crippen molar-refractivity contribution in [2.75, 3.05) is 40.3 Å². The third-order valence-electron chi connectivity index (χ3n) is 3.41. The minimum Gasteiger partial charge on any atom is -0.453 e. The van der Waals surface area contributed by atoms with Crippen molar-refractivity contribution in [3.8, 4) is 6.07 Å². The van der Waals surface area contributed by atoms with Crippen LogP contribution in [0.5, 0.6) is 0 Å². The van der Waals surface area contributed by atoms with Gasteiger partial charge in [-0.25, -0.2) is 4.79 Å². The Labute approximate surface area is 119 Å². The van der Waals surface area contributed by atoms with Crippen molar-refractivity contribution >= 4 is 12.0 Å². The molecular weight excluding hydrogens is 260 g/mol. The summed E-state index contributed by atoms with van der Waals surface area (Å²) in [7, 11) is 3.06. The van der Waals surface area contributed by atoms with E-state index in [4.69, 9.17) is 5.26 Å². The van der Waals surface area contributed by atoms with Gasteiger partial charge < -0.3 is 19.9 Å². The molecule has 7 heteroatoms. The molecule has 0 aromatic heterocycles. The molecule has 1 aliphatic rings. The van der Waals surface area contributed by atoms with Crippen LogP contribution in [-0.4, -0.2) is 68.2 Å². The van der Waals surface area contributed by atoms with E-state index in [9.17, 15) is 9.59 Å². The second kappa shape index (κ2) is 8.38. The van der Waals surface area contributed by atoms with E-state index in [2.05, 4.69) is 15.0 Å². The molecule has 1 heterocycles. The zero-order chi connectivity index (χ0) is 15.0. The molecule has 20 heavy (non-hydrogen) atoms. The molecule has 1 saturated heterocycles. The van der Waals surface area contributed by atoms with Crippen LogP contribution in [0.1, 0.15) is 19.3 Å². The maximum Gasteiger partial charge on any atom is 0.407 e. The minimum atomic E-state index is -0.413. The molecule has 1 rings (SSSR count). The summed E-state index contributed by atoms with van der Waals surface area (Å²) in [5.74, 6) is 0.0460. The lowest BCUT2D eigenvalue weighted by Crippen LogP contribution is -2.37. The molecule has 0 aromatic rings.